The number of aryl methyl sites for hydroxylation is 1. The number of fused-ring (bicyclic) bond motifs is 2. The Morgan fingerprint density at radius 2 is 1.15 bits per heavy atom. The molecule has 0 bridgehead atoms. The lowest BCUT2D eigenvalue weighted by molar-refractivity contribution is -0.137. The van der Waals surface area contributed by atoms with E-state index in [1.165, 1.54) is 44.3 Å². The van der Waals surface area contributed by atoms with Crippen LogP contribution in [0.5, 0.6) is 0 Å². The molecule has 0 saturated heterocycles. The number of hydrogen-bond donors (Lipinski definition) is 0. The standard InChI is InChI=1S/C25H15F3N2O4/c1-12-3-8-20(19(9-12)25(26,27)28)30-23(33)16-7-5-14(11-18(16)24(30)34)13-4-6-15-17(10-13)22(32)29(2)21(15)31/h3-11H,1-2H3. The molecular weight excluding hydrogens is 449 g/mol. The van der Waals surface area contributed by atoms with Gasteiger partial charge in [0.05, 0.1) is 33.5 Å². The first-order valence-corrected chi connectivity index (χ1v) is 10.2. The summed E-state index contributed by atoms with van der Waals surface area (Å²) in [5.74, 6) is -2.60. The van der Waals surface area contributed by atoms with Crippen molar-refractivity contribution in [3.05, 3.63) is 88.0 Å². The van der Waals surface area contributed by atoms with Crippen molar-refractivity contribution in [2.45, 2.75) is 13.1 Å². The molecule has 5 rings (SSSR count). The third-order valence-electron chi connectivity index (χ3n) is 6.01. The first-order chi connectivity index (χ1) is 16.0. The third-order valence-corrected chi connectivity index (χ3v) is 6.01. The zero-order chi connectivity index (χ0) is 24.5. The topological polar surface area (TPSA) is 74.8 Å². The van der Waals surface area contributed by atoms with Gasteiger partial charge in [-0.3, -0.25) is 24.1 Å². The molecule has 6 nitrogen and oxygen atoms in total. The van der Waals surface area contributed by atoms with E-state index in [1.54, 1.807) is 12.1 Å². The van der Waals surface area contributed by atoms with E-state index in [2.05, 4.69) is 0 Å². The van der Waals surface area contributed by atoms with Crippen LogP contribution < -0.4 is 4.90 Å². The van der Waals surface area contributed by atoms with Crippen LogP contribution >= 0.6 is 0 Å². The van der Waals surface area contributed by atoms with Crippen LogP contribution in [0.15, 0.2) is 54.6 Å². The maximum Gasteiger partial charge on any atom is 0.418 e. The molecule has 4 amide bonds. The van der Waals surface area contributed by atoms with Crippen molar-refractivity contribution in [3.63, 3.8) is 0 Å². The van der Waals surface area contributed by atoms with Gasteiger partial charge in [0, 0.05) is 7.05 Å². The highest BCUT2D eigenvalue weighted by Crippen LogP contribution is 2.40. The van der Waals surface area contributed by atoms with E-state index in [-0.39, 0.29) is 22.3 Å². The van der Waals surface area contributed by atoms with Gasteiger partial charge < -0.3 is 0 Å². The molecule has 3 aromatic carbocycles. The lowest BCUT2D eigenvalue weighted by Crippen LogP contribution is -2.31. The van der Waals surface area contributed by atoms with Crippen molar-refractivity contribution >= 4 is 29.3 Å². The highest BCUT2D eigenvalue weighted by molar-refractivity contribution is 6.35. The molecule has 0 saturated carbocycles. The van der Waals surface area contributed by atoms with Gasteiger partial charge in [0.25, 0.3) is 23.6 Å². The minimum Gasteiger partial charge on any atom is -0.277 e. The summed E-state index contributed by atoms with van der Waals surface area (Å²) < 4.78 is 40.9. The summed E-state index contributed by atoms with van der Waals surface area (Å²) in [6.45, 7) is 1.49. The molecule has 0 spiro atoms. The maximum absolute atomic E-state index is 13.6. The average molecular weight is 464 g/mol. The second-order valence-electron chi connectivity index (χ2n) is 8.15. The molecule has 0 unspecified atom stereocenters. The summed E-state index contributed by atoms with van der Waals surface area (Å²) in [7, 11) is 1.37. The summed E-state index contributed by atoms with van der Waals surface area (Å²) in [5, 5.41) is 0. The molecule has 0 atom stereocenters. The Bertz CT molecular complexity index is 1460. The molecule has 2 heterocycles. The van der Waals surface area contributed by atoms with Gasteiger partial charge in [-0.25, -0.2) is 4.90 Å². The number of alkyl halides is 3. The normalized spacial score (nSPS) is 15.3. The van der Waals surface area contributed by atoms with Gasteiger partial charge >= 0.3 is 6.18 Å². The van der Waals surface area contributed by atoms with Crippen LogP contribution in [0.25, 0.3) is 11.1 Å². The Balaban J connectivity index is 1.57. The Morgan fingerprint density at radius 3 is 1.74 bits per heavy atom. The van der Waals surface area contributed by atoms with Crippen molar-refractivity contribution in [1.82, 2.24) is 4.90 Å². The smallest absolute Gasteiger partial charge is 0.277 e. The summed E-state index contributed by atoms with van der Waals surface area (Å²) in [6.07, 6.45) is -4.76. The van der Waals surface area contributed by atoms with E-state index >= 15 is 0 Å². The minimum atomic E-state index is -4.76. The number of carbonyl (C=O) groups is 4. The van der Waals surface area contributed by atoms with Crippen molar-refractivity contribution in [3.8, 4) is 11.1 Å². The molecule has 170 valence electrons. The number of rotatable bonds is 2. The number of halogens is 3. The molecule has 2 aliphatic heterocycles. The second kappa shape index (κ2) is 7.11. The van der Waals surface area contributed by atoms with E-state index < -0.39 is 41.1 Å². The predicted octanol–water partition coefficient (Wildman–Crippen LogP) is 4.71. The molecule has 0 N–H and O–H groups in total. The molecule has 0 aromatic heterocycles. The van der Waals surface area contributed by atoms with Crippen LogP contribution in [-0.4, -0.2) is 35.6 Å². The fourth-order valence-electron chi connectivity index (χ4n) is 4.25. The zero-order valence-corrected chi connectivity index (χ0v) is 17.9. The highest BCUT2D eigenvalue weighted by Gasteiger charge is 2.43. The first-order valence-electron chi connectivity index (χ1n) is 10.2. The summed E-state index contributed by atoms with van der Waals surface area (Å²) >= 11 is 0. The van der Waals surface area contributed by atoms with Gasteiger partial charge in [0.15, 0.2) is 0 Å². The Labute approximate surface area is 191 Å². The van der Waals surface area contributed by atoms with Crippen molar-refractivity contribution in [1.29, 1.82) is 0 Å². The lowest BCUT2D eigenvalue weighted by atomic mass is 9.97. The molecule has 2 aliphatic rings. The molecule has 3 aromatic rings. The SMILES string of the molecule is Cc1ccc(N2C(=O)c3ccc(-c4ccc5c(c4)C(=O)N(C)C5=O)cc3C2=O)c(C(F)(F)F)c1. The predicted molar refractivity (Wildman–Crippen MR) is 116 cm³/mol. The van der Waals surface area contributed by atoms with Gasteiger partial charge in [-0.15, -0.1) is 0 Å². The fraction of sp³-hybridized carbons (Fsp3) is 0.120. The quantitative estimate of drug-likeness (QED) is 0.515. The summed E-state index contributed by atoms with van der Waals surface area (Å²) in [6, 6.07) is 12.3. The maximum atomic E-state index is 13.6. The summed E-state index contributed by atoms with van der Waals surface area (Å²) in [4.78, 5) is 52.0. The summed E-state index contributed by atoms with van der Waals surface area (Å²) in [5.41, 5.74) is 0.125. The second-order valence-corrected chi connectivity index (χ2v) is 8.15. The lowest BCUT2D eigenvalue weighted by Gasteiger charge is -2.20. The van der Waals surface area contributed by atoms with Gasteiger partial charge in [0.1, 0.15) is 0 Å². The van der Waals surface area contributed by atoms with Crippen molar-refractivity contribution in [2.75, 3.05) is 11.9 Å². The number of carbonyl (C=O) groups excluding carboxylic acids is 4. The Morgan fingerprint density at radius 1 is 0.647 bits per heavy atom. The van der Waals surface area contributed by atoms with Crippen LogP contribution in [0.4, 0.5) is 18.9 Å². The van der Waals surface area contributed by atoms with E-state index in [9.17, 15) is 32.3 Å². The molecule has 9 heteroatoms. The highest BCUT2D eigenvalue weighted by atomic mass is 19.4. The van der Waals surface area contributed by atoms with Gasteiger partial charge in [-0.05, 0) is 54.4 Å². The molecular formula is C25H15F3N2O4. The van der Waals surface area contributed by atoms with Crippen LogP contribution in [-0.2, 0) is 6.18 Å². The number of anilines is 1. The largest absolute Gasteiger partial charge is 0.418 e. The third kappa shape index (κ3) is 3.04. The van der Waals surface area contributed by atoms with Crippen LogP contribution in [0.3, 0.4) is 0 Å². The first kappa shape index (κ1) is 21.6. The molecule has 0 fully saturated rings. The molecule has 0 radical (unpaired) electrons. The molecule has 0 aliphatic carbocycles. The number of nitrogens with zero attached hydrogens (tertiary/aromatic N) is 2. The van der Waals surface area contributed by atoms with Crippen molar-refractivity contribution < 1.29 is 32.3 Å². The number of amides is 4. The average Bonchev–Trinajstić information content (AvgIpc) is 3.17. The van der Waals surface area contributed by atoms with E-state index in [4.69, 9.17) is 0 Å². The van der Waals surface area contributed by atoms with Crippen LogP contribution in [0.1, 0.15) is 52.6 Å². The Hall–Kier alpha value is -4.27. The Kier molecular flexibility index (Phi) is 4.51. The number of hydrogen-bond acceptors (Lipinski definition) is 4. The fourth-order valence-corrected chi connectivity index (χ4v) is 4.25. The van der Waals surface area contributed by atoms with Crippen molar-refractivity contribution in [2.24, 2.45) is 0 Å². The van der Waals surface area contributed by atoms with E-state index in [0.29, 0.717) is 21.6 Å². The minimum absolute atomic E-state index is 0.0189. The van der Waals surface area contributed by atoms with Crippen LogP contribution in [0, 0.1) is 6.92 Å². The zero-order valence-electron chi connectivity index (χ0n) is 17.9. The van der Waals surface area contributed by atoms with Gasteiger partial charge in [0.2, 0.25) is 0 Å². The van der Waals surface area contributed by atoms with Gasteiger partial charge in [-0.1, -0.05) is 23.8 Å². The number of imide groups is 2. The van der Waals surface area contributed by atoms with E-state index in [1.807, 2.05) is 0 Å². The number of benzene rings is 3. The monoisotopic (exact) mass is 464 g/mol. The van der Waals surface area contributed by atoms with E-state index in [0.717, 1.165) is 17.0 Å². The van der Waals surface area contributed by atoms with Gasteiger partial charge in [-0.2, -0.15) is 13.2 Å². The van der Waals surface area contributed by atoms with Crippen LogP contribution in [0.2, 0.25) is 0 Å². The molecule has 34 heavy (non-hydrogen) atoms.